The molecule has 0 aliphatic carbocycles. The number of carbonyl (C=O) groups excluding carboxylic acids is 3. The summed E-state index contributed by atoms with van der Waals surface area (Å²) in [6, 6.07) is 0. The van der Waals surface area contributed by atoms with Crippen molar-refractivity contribution in [1.82, 2.24) is 0 Å². The highest BCUT2D eigenvalue weighted by atomic mass is 31.2. The molecule has 0 fully saturated rings. The first-order valence-electron chi connectivity index (χ1n) is 29.8. The average molecular weight is 1080 g/mol. The fourth-order valence-electron chi connectivity index (χ4n) is 7.71. The Kier molecular flexibility index (Phi) is 54.4. The highest BCUT2D eigenvalue weighted by molar-refractivity contribution is 7.47. The van der Waals surface area contributed by atoms with E-state index in [1.807, 2.05) is 12.2 Å². The van der Waals surface area contributed by atoms with E-state index < -0.39 is 57.8 Å². The van der Waals surface area contributed by atoms with Crippen LogP contribution in [0, 0.1) is 0 Å². The van der Waals surface area contributed by atoms with Gasteiger partial charge in [0.1, 0.15) is 12.7 Å². The van der Waals surface area contributed by atoms with Crippen LogP contribution in [-0.2, 0) is 42.2 Å². The van der Waals surface area contributed by atoms with Crippen molar-refractivity contribution in [2.24, 2.45) is 0 Å². The first-order chi connectivity index (χ1) is 37.2. The zero-order valence-electron chi connectivity index (χ0n) is 47.9. The van der Waals surface area contributed by atoms with E-state index in [-0.39, 0.29) is 25.9 Å². The van der Waals surface area contributed by atoms with Crippen LogP contribution in [-0.4, -0.2) is 66.5 Å². The minimum Gasteiger partial charge on any atom is -0.462 e. The van der Waals surface area contributed by atoms with Gasteiger partial charge in [0.05, 0.1) is 19.8 Å². The van der Waals surface area contributed by atoms with Gasteiger partial charge in [-0.2, -0.15) is 0 Å². The van der Waals surface area contributed by atoms with Gasteiger partial charge in [-0.1, -0.05) is 220 Å². The van der Waals surface area contributed by atoms with Crippen LogP contribution in [0.1, 0.15) is 239 Å². The van der Waals surface area contributed by atoms with Crippen molar-refractivity contribution in [2.45, 2.75) is 251 Å². The molecule has 12 heteroatoms. The van der Waals surface area contributed by atoms with Gasteiger partial charge in [-0.15, -0.1) is 0 Å². The lowest BCUT2D eigenvalue weighted by molar-refractivity contribution is -0.161. The second kappa shape index (κ2) is 57.3. The van der Waals surface area contributed by atoms with Crippen LogP contribution in [0.25, 0.3) is 0 Å². The van der Waals surface area contributed by atoms with Crippen LogP contribution in [0.5, 0.6) is 0 Å². The standard InChI is InChI=1S/C64H107O11P/c1-4-7-10-13-16-19-22-25-27-29-30-32-34-37-40-43-46-49-52-55-64(68)75-61(57-71-62(66)53-50-47-44-41-38-36-33-31-28-26-23-20-17-14-11-8-5-2)59-73-76(69,70)72-58-60(56-65)74-63(67)54-51-48-45-42-39-35-24-21-18-15-12-9-6-3/h7,9-10,12,16,18-19,21,25-28,30,32,35,39,45,48,60-61,65H,4-6,8,11,13-15,17,20,22-24,29,31,33-34,36-38,40-44,46-47,49-59H2,1-3H3,(H,69,70)/b10-7-,12-9-,19-16-,21-18-,27-25-,28-26-,32-30-,39-35-,48-45-. The lowest BCUT2D eigenvalue weighted by atomic mass is 10.1. The molecule has 11 nitrogen and oxygen atoms in total. The third-order valence-electron chi connectivity index (χ3n) is 12.2. The summed E-state index contributed by atoms with van der Waals surface area (Å²) in [5, 5.41) is 9.80. The van der Waals surface area contributed by atoms with Crippen LogP contribution in [0.2, 0.25) is 0 Å². The number of aliphatic hydroxyl groups is 1. The number of carbonyl (C=O) groups is 3. The molecule has 3 unspecified atom stereocenters. The van der Waals surface area contributed by atoms with Crippen LogP contribution in [0.3, 0.4) is 0 Å². The van der Waals surface area contributed by atoms with Crippen molar-refractivity contribution in [3.05, 3.63) is 109 Å². The molecule has 3 atom stereocenters. The highest BCUT2D eigenvalue weighted by Gasteiger charge is 2.28. The summed E-state index contributed by atoms with van der Waals surface area (Å²) >= 11 is 0. The van der Waals surface area contributed by atoms with E-state index >= 15 is 0 Å². The first-order valence-corrected chi connectivity index (χ1v) is 31.3. The minimum absolute atomic E-state index is 0.0503. The molecular weight excluding hydrogens is 976 g/mol. The molecule has 0 aromatic heterocycles. The second-order valence-electron chi connectivity index (χ2n) is 19.4. The molecule has 0 amide bonds. The third-order valence-corrected chi connectivity index (χ3v) is 13.1. The molecule has 0 saturated heterocycles. The van der Waals surface area contributed by atoms with Crippen molar-refractivity contribution >= 4 is 25.7 Å². The predicted molar refractivity (Wildman–Crippen MR) is 316 cm³/mol. The lowest BCUT2D eigenvalue weighted by Crippen LogP contribution is -2.30. The number of aliphatic hydroxyl groups excluding tert-OH is 1. The number of allylic oxidation sites excluding steroid dienone is 18. The maximum atomic E-state index is 12.9. The minimum atomic E-state index is -4.78. The largest absolute Gasteiger partial charge is 0.472 e. The van der Waals surface area contributed by atoms with Crippen molar-refractivity contribution in [2.75, 3.05) is 26.4 Å². The number of hydrogen-bond donors (Lipinski definition) is 2. The molecule has 0 bridgehead atoms. The maximum Gasteiger partial charge on any atom is 0.472 e. The van der Waals surface area contributed by atoms with E-state index in [1.54, 1.807) is 0 Å². The van der Waals surface area contributed by atoms with Gasteiger partial charge in [-0.25, -0.2) is 4.57 Å². The Morgan fingerprint density at radius 2 is 0.711 bits per heavy atom. The van der Waals surface area contributed by atoms with E-state index in [0.29, 0.717) is 19.3 Å². The summed E-state index contributed by atoms with van der Waals surface area (Å²) in [6.07, 6.45) is 69.2. The Bertz CT molecular complexity index is 1690. The Morgan fingerprint density at radius 3 is 1.14 bits per heavy atom. The van der Waals surface area contributed by atoms with Crippen molar-refractivity contribution in [1.29, 1.82) is 0 Å². The van der Waals surface area contributed by atoms with E-state index in [2.05, 4.69) is 118 Å². The lowest BCUT2D eigenvalue weighted by Gasteiger charge is -2.21. The highest BCUT2D eigenvalue weighted by Crippen LogP contribution is 2.43. The summed E-state index contributed by atoms with van der Waals surface area (Å²) in [7, 11) is -4.78. The summed E-state index contributed by atoms with van der Waals surface area (Å²) in [5.74, 6) is -1.58. The number of hydrogen-bond acceptors (Lipinski definition) is 10. The summed E-state index contributed by atoms with van der Waals surface area (Å²) in [5.41, 5.74) is 0. The Hall–Kier alpha value is -3.86. The zero-order valence-corrected chi connectivity index (χ0v) is 48.8. The normalized spacial score (nSPS) is 14.1. The molecule has 2 N–H and O–H groups in total. The molecule has 76 heavy (non-hydrogen) atoms. The predicted octanol–water partition coefficient (Wildman–Crippen LogP) is 17.8. The van der Waals surface area contributed by atoms with Crippen LogP contribution >= 0.6 is 7.82 Å². The fourth-order valence-corrected chi connectivity index (χ4v) is 8.49. The summed E-state index contributed by atoms with van der Waals surface area (Å²) in [6.45, 7) is 4.31. The molecule has 434 valence electrons. The van der Waals surface area contributed by atoms with Crippen molar-refractivity contribution in [3.8, 4) is 0 Å². The monoisotopic (exact) mass is 1080 g/mol. The smallest absolute Gasteiger partial charge is 0.462 e. The quantitative estimate of drug-likeness (QED) is 0.0197. The fraction of sp³-hybridized carbons (Fsp3) is 0.672. The van der Waals surface area contributed by atoms with Gasteiger partial charge in [-0.3, -0.25) is 23.4 Å². The molecule has 0 heterocycles. The number of rotatable bonds is 54. The van der Waals surface area contributed by atoms with Crippen molar-refractivity contribution in [3.63, 3.8) is 0 Å². The van der Waals surface area contributed by atoms with E-state index in [9.17, 15) is 28.9 Å². The number of phosphoric acid groups is 1. The molecule has 0 rings (SSSR count). The van der Waals surface area contributed by atoms with Crippen LogP contribution in [0.15, 0.2) is 109 Å². The number of esters is 3. The summed E-state index contributed by atoms with van der Waals surface area (Å²) in [4.78, 5) is 48.6. The first kappa shape index (κ1) is 72.1. The Morgan fingerprint density at radius 1 is 0.382 bits per heavy atom. The van der Waals surface area contributed by atoms with Gasteiger partial charge in [0.25, 0.3) is 0 Å². The second-order valence-corrected chi connectivity index (χ2v) is 20.8. The van der Waals surface area contributed by atoms with Gasteiger partial charge in [0, 0.05) is 19.3 Å². The average Bonchev–Trinajstić information content (AvgIpc) is 3.41. The van der Waals surface area contributed by atoms with E-state index in [1.165, 1.54) is 64.2 Å². The zero-order chi connectivity index (χ0) is 55.5. The van der Waals surface area contributed by atoms with E-state index in [0.717, 1.165) is 116 Å². The van der Waals surface area contributed by atoms with E-state index in [4.69, 9.17) is 23.3 Å². The van der Waals surface area contributed by atoms with Crippen molar-refractivity contribution < 1.29 is 52.2 Å². The number of ether oxygens (including phenoxy) is 3. The molecule has 0 aliphatic rings. The summed E-state index contributed by atoms with van der Waals surface area (Å²) < 4.78 is 39.5. The molecule has 0 saturated carbocycles. The van der Waals surface area contributed by atoms with Gasteiger partial charge >= 0.3 is 25.7 Å². The number of phosphoric ester groups is 1. The molecule has 0 aromatic rings. The van der Waals surface area contributed by atoms with Gasteiger partial charge in [0.15, 0.2) is 6.10 Å². The molecule has 0 radical (unpaired) electrons. The van der Waals surface area contributed by atoms with Gasteiger partial charge in [-0.05, 0) is 109 Å². The molecule has 0 aliphatic heterocycles. The topological polar surface area (TPSA) is 155 Å². The van der Waals surface area contributed by atoms with Crippen LogP contribution in [0.4, 0.5) is 0 Å². The molecular formula is C64H107O11P. The SMILES string of the molecule is CC/C=C\C/C=C\C/C=C\C/C=C\CCCCCCCCC(=O)OC(COC(=O)CCCCCCCCC/C=C\CCCCCCCC)COP(=O)(O)OCC(CO)OC(=O)CC/C=C\C/C=C\C/C=C\C/C=C\CC. The third kappa shape index (κ3) is 54.9. The molecule has 0 spiro atoms. The van der Waals surface area contributed by atoms with Crippen LogP contribution < -0.4 is 0 Å². The number of unbranched alkanes of at least 4 members (excludes halogenated alkanes) is 19. The van der Waals surface area contributed by atoms with Gasteiger partial charge < -0.3 is 24.2 Å². The maximum absolute atomic E-state index is 12.9. The Balaban J connectivity index is 4.82. The molecule has 0 aromatic carbocycles. The Labute approximate surface area is 463 Å². The van der Waals surface area contributed by atoms with Gasteiger partial charge in [0.2, 0.25) is 0 Å².